The molecule has 0 spiro atoms. The van der Waals surface area contributed by atoms with Crippen molar-refractivity contribution in [3.05, 3.63) is 0 Å². The van der Waals surface area contributed by atoms with Gasteiger partial charge in [-0.15, -0.1) is 0 Å². The molecule has 0 aromatic rings. The lowest BCUT2D eigenvalue weighted by Crippen LogP contribution is -2.45. The molecule has 82 valence electrons. The van der Waals surface area contributed by atoms with Gasteiger partial charge < -0.3 is 4.74 Å². The van der Waals surface area contributed by atoms with Gasteiger partial charge in [0.1, 0.15) is 5.60 Å². The first-order valence-electron chi connectivity index (χ1n) is 5.75. The molecule has 1 unspecified atom stereocenters. The lowest BCUT2D eigenvalue weighted by atomic mass is 9.77. The maximum Gasteiger partial charge on any atom is 0.167 e. The molecule has 0 aliphatic heterocycles. The molecule has 1 rings (SSSR count). The van der Waals surface area contributed by atoms with E-state index in [9.17, 15) is 4.79 Å². The lowest BCUT2D eigenvalue weighted by Gasteiger charge is -2.36. The van der Waals surface area contributed by atoms with E-state index in [1.165, 1.54) is 6.42 Å². The number of methoxy groups -OCH3 is 1. The summed E-state index contributed by atoms with van der Waals surface area (Å²) in [6.45, 7) is 4.08. The van der Waals surface area contributed by atoms with Crippen LogP contribution < -0.4 is 0 Å². The van der Waals surface area contributed by atoms with Crippen molar-refractivity contribution in [3.63, 3.8) is 0 Å². The van der Waals surface area contributed by atoms with Gasteiger partial charge in [0.05, 0.1) is 0 Å². The third-order valence-electron chi connectivity index (χ3n) is 3.56. The Bertz CT molecular complexity index is 192. The number of carbonyl (C=O) groups is 1. The van der Waals surface area contributed by atoms with Crippen LogP contribution >= 0.6 is 0 Å². The predicted molar refractivity (Wildman–Crippen MR) is 57.3 cm³/mol. The molecule has 2 heteroatoms. The Balaban J connectivity index is 2.72. The monoisotopic (exact) mass is 198 g/mol. The molecule has 1 aliphatic carbocycles. The summed E-state index contributed by atoms with van der Waals surface area (Å²) >= 11 is 0. The fraction of sp³-hybridized carbons (Fsp3) is 0.917. The third kappa shape index (κ3) is 2.17. The normalized spacial score (nSPS) is 23.1. The second kappa shape index (κ2) is 4.92. The Labute approximate surface area is 87.0 Å². The molecule has 0 heterocycles. The second-order valence-corrected chi connectivity index (χ2v) is 4.43. The molecule has 1 fully saturated rings. The van der Waals surface area contributed by atoms with Gasteiger partial charge >= 0.3 is 0 Å². The van der Waals surface area contributed by atoms with Crippen molar-refractivity contribution in [2.24, 2.45) is 5.92 Å². The van der Waals surface area contributed by atoms with Gasteiger partial charge in [-0.1, -0.05) is 33.1 Å². The van der Waals surface area contributed by atoms with Crippen molar-refractivity contribution in [3.8, 4) is 0 Å². The number of hydrogen-bond donors (Lipinski definition) is 0. The number of carbonyl (C=O) groups excluding carboxylic acids is 1. The zero-order valence-electron chi connectivity index (χ0n) is 9.64. The average molecular weight is 198 g/mol. The first-order chi connectivity index (χ1) is 6.66. The summed E-state index contributed by atoms with van der Waals surface area (Å²) in [5, 5.41) is 0. The summed E-state index contributed by atoms with van der Waals surface area (Å²) in [5.74, 6) is 0.468. The first kappa shape index (κ1) is 11.7. The number of ether oxygens (including phenoxy) is 1. The van der Waals surface area contributed by atoms with Crippen LogP contribution in [-0.2, 0) is 9.53 Å². The molecule has 0 radical (unpaired) electrons. The molecule has 14 heavy (non-hydrogen) atoms. The van der Waals surface area contributed by atoms with Crippen LogP contribution in [0.15, 0.2) is 0 Å². The standard InChI is InChI=1S/C12H22O2/c1-4-10(2)11(13)12(14-3)8-6-5-7-9-12/h10H,4-9H2,1-3H3. The van der Waals surface area contributed by atoms with Crippen molar-refractivity contribution < 1.29 is 9.53 Å². The minimum absolute atomic E-state index is 0.146. The summed E-state index contributed by atoms with van der Waals surface area (Å²) in [7, 11) is 1.69. The summed E-state index contributed by atoms with van der Waals surface area (Å²) in [6, 6.07) is 0. The molecule has 1 atom stereocenters. The Morgan fingerprint density at radius 3 is 2.36 bits per heavy atom. The molecule has 0 bridgehead atoms. The van der Waals surface area contributed by atoms with Gasteiger partial charge in [-0.2, -0.15) is 0 Å². The molecule has 0 saturated heterocycles. The van der Waals surface area contributed by atoms with Gasteiger partial charge in [-0.05, 0) is 19.3 Å². The van der Waals surface area contributed by atoms with Crippen molar-refractivity contribution in [2.75, 3.05) is 7.11 Å². The van der Waals surface area contributed by atoms with Crippen LogP contribution in [-0.4, -0.2) is 18.5 Å². The zero-order chi connectivity index (χ0) is 10.6. The Morgan fingerprint density at radius 1 is 1.36 bits per heavy atom. The van der Waals surface area contributed by atoms with E-state index < -0.39 is 5.60 Å². The molecular weight excluding hydrogens is 176 g/mol. The molecule has 0 aromatic carbocycles. The summed E-state index contributed by atoms with van der Waals surface area (Å²) in [5.41, 5.74) is -0.437. The molecule has 0 amide bonds. The predicted octanol–water partition coefficient (Wildman–Crippen LogP) is 2.95. The fourth-order valence-corrected chi connectivity index (χ4v) is 2.31. The highest BCUT2D eigenvalue weighted by Crippen LogP contribution is 2.34. The van der Waals surface area contributed by atoms with Crippen LogP contribution in [0.1, 0.15) is 52.4 Å². The van der Waals surface area contributed by atoms with Gasteiger partial charge in [0.2, 0.25) is 0 Å². The van der Waals surface area contributed by atoms with E-state index >= 15 is 0 Å². The highest BCUT2D eigenvalue weighted by Gasteiger charge is 2.40. The van der Waals surface area contributed by atoms with E-state index in [1.807, 2.05) is 6.92 Å². The minimum atomic E-state index is -0.437. The van der Waals surface area contributed by atoms with Crippen LogP contribution in [0.25, 0.3) is 0 Å². The highest BCUT2D eigenvalue weighted by atomic mass is 16.5. The van der Waals surface area contributed by atoms with Gasteiger partial charge in [-0.3, -0.25) is 4.79 Å². The van der Waals surface area contributed by atoms with Crippen LogP contribution in [0.3, 0.4) is 0 Å². The lowest BCUT2D eigenvalue weighted by molar-refractivity contribution is -0.149. The van der Waals surface area contributed by atoms with Crippen molar-refractivity contribution in [1.82, 2.24) is 0 Å². The maximum absolute atomic E-state index is 12.2. The van der Waals surface area contributed by atoms with E-state index in [2.05, 4.69) is 6.92 Å². The van der Waals surface area contributed by atoms with E-state index in [4.69, 9.17) is 4.74 Å². The van der Waals surface area contributed by atoms with Crippen LogP contribution in [0.5, 0.6) is 0 Å². The van der Waals surface area contributed by atoms with Gasteiger partial charge in [0.15, 0.2) is 5.78 Å². The Morgan fingerprint density at radius 2 is 1.93 bits per heavy atom. The number of ketones is 1. The zero-order valence-corrected chi connectivity index (χ0v) is 9.64. The molecule has 1 saturated carbocycles. The van der Waals surface area contributed by atoms with E-state index in [1.54, 1.807) is 7.11 Å². The van der Waals surface area contributed by atoms with Gasteiger partial charge in [0.25, 0.3) is 0 Å². The van der Waals surface area contributed by atoms with Crippen molar-refractivity contribution >= 4 is 5.78 Å². The SMILES string of the molecule is CCC(C)C(=O)C1(OC)CCCCC1. The second-order valence-electron chi connectivity index (χ2n) is 4.43. The quantitative estimate of drug-likeness (QED) is 0.694. The molecule has 0 N–H and O–H groups in total. The van der Waals surface area contributed by atoms with Crippen molar-refractivity contribution in [1.29, 1.82) is 0 Å². The Hall–Kier alpha value is -0.370. The fourth-order valence-electron chi connectivity index (χ4n) is 2.31. The summed E-state index contributed by atoms with van der Waals surface area (Å²) in [6.07, 6.45) is 6.29. The van der Waals surface area contributed by atoms with Crippen molar-refractivity contribution in [2.45, 2.75) is 58.0 Å². The van der Waals surface area contributed by atoms with E-state index in [0.29, 0.717) is 5.78 Å². The summed E-state index contributed by atoms with van der Waals surface area (Å²) in [4.78, 5) is 12.2. The summed E-state index contributed by atoms with van der Waals surface area (Å²) < 4.78 is 5.51. The largest absolute Gasteiger partial charge is 0.370 e. The number of Topliss-reactive ketones (excluding diaryl/α,β-unsaturated/α-hetero) is 1. The number of rotatable bonds is 4. The first-order valence-corrected chi connectivity index (χ1v) is 5.75. The van der Waals surface area contributed by atoms with E-state index in [0.717, 1.165) is 32.1 Å². The molecule has 1 aliphatic rings. The van der Waals surface area contributed by atoms with Crippen LogP contribution in [0.2, 0.25) is 0 Å². The number of hydrogen-bond acceptors (Lipinski definition) is 2. The maximum atomic E-state index is 12.2. The highest BCUT2D eigenvalue weighted by molar-refractivity contribution is 5.89. The minimum Gasteiger partial charge on any atom is -0.370 e. The molecule has 2 nitrogen and oxygen atoms in total. The average Bonchev–Trinajstić information content (AvgIpc) is 2.28. The topological polar surface area (TPSA) is 26.3 Å². The smallest absolute Gasteiger partial charge is 0.167 e. The molecular formula is C12H22O2. The Kier molecular flexibility index (Phi) is 4.11. The van der Waals surface area contributed by atoms with Gasteiger partial charge in [0, 0.05) is 13.0 Å². The third-order valence-corrected chi connectivity index (χ3v) is 3.56. The van der Waals surface area contributed by atoms with Crippen LogP contribution in [0.4, 0.5) is 0 Å². The van der Waals surface area contributed by atoms with Crippen LogP contribution in [0, 0.1) is 5.92 Å². The van der Waals surface area contributed by atoms with Gasteiger partial charge in [-0.25, -0.2) is 0 Å². The van der Waals surface area contributed by atoms with E-state index in [-0.39, 0.29) is 5.92 Å². The molecule has 0 aromatic heterocycles.